The predicted octanol–water partition coefficient (Wildman–Crippen LogP) is 7.53. The van der Waals surface area contributed by atoms with Gasteiger partial charge >= 0.3 is 0 Å². The lowest BCUT2D eigenvalue weighted by molar-refractivity contribution is -0.139. The van der Waals surface area contributed by atoms with Crippen LogP contribution in [0.1, 0.15) is 103 Å². The Balaban J connectivity index is 1.55. The van der Waals surface area contributed by atoms with Crippen molar-refractivity contribution in [1.82, 2.24) is 10.2 Å². The molecule has 1 aliphatic rings. The minimum absolute atomic E-state index is 0.00755. The molecule has 1 N–H and O–H groups in total. The quantitative estimate of drug-likeness (QED) is 0.253. The molecule has 2 aromatic rings. The van der Waals surface area contributed by atoms with Crippen LogP contribution in [0.2, 0.25) is 0 Å². The molecule has 2 amide bonds. The molecule has 0 bridgehead atoms. The van der Waals surface area contributed by atoms with Crippen molar-refractivity contribution >= 4 is 23.6 Å². The smallest absolute Gasteiger partial charge is 0.243 e. The number of nitrogens with one attached hydrogen (secondary N) is 1. The lowest BCUT2D eigenvalue weighted by Gasteiger charge is -2.30. The summed E-state index contributed by atoms with van der Waals surface area (Å²) < 4.78 is 20.1. The first-order valence-corrected chi connectivity index (χ1v) is 15.7. The van der Waals surface area contributed by atoms with E-state index in [1.54, 1.807) is 17.9 Å². The molecular weight excluding hydrogens is 523 g/mol. The monoisotopic (exact) mass is 570 g/mol. The normalized spacial score (nSPS) is 17.6. The first-order valence-electron chi connectivity index (χ1n) is 14.7. The number of nitrogens with zero attached hydrogens (tertiary/aromatic N) is 1. The zero-order chi connectivity index (χ0) is 29.5. The summed E-state index contributed by atoms with van der Waals surface area (Å²) in [6.07, 6.45) is 3.95. The fraction of sp³-hybridized carbons (Fsp3) is 0.576. The Morgan fingerprint density at radius 2 is 1.75 bits per heavy atom. The van der Waals surface area contributed by atoms with E-state index in [1.807, 2.05) is 6.07 Å². The Labute approximate surface area is 244 Å². The van der Waals surface area contributed by atoms with Gasteiger partial charge in [-0.05, 0) is 65.8 Å². The number of ether oxygens (including phenoxy) is 1. The summed E-state index contributed by atoms with van der Waals surface area (Å²) in [6.45, 7) is 16.4. The van der Waals surface area contributed by atoms with Crippen LogP contribution in [-0.2, 0) is 20.4 Å². The van der Waals surface area contributed by atoms with E-state index in [1.165, 1.54) is 35.0 Å². The summed E-state index contributed by atoms with van der Waals surface area (Å²) in [6, 6.07) is 12.3. The molecule has 2 unspecified atom stereocenters. The molecule has 3 rings (SSSR count). The van der Waals surface area contributed by atoms with Crippen LogP contribution in [0, 0.1) is 5.82 Å². The van der Waals surface area contributed by atoms with Crippen molar-refractivity contribution in [2.24, 2.45) is 0 Å². The van der Waals surface area contributed by atoms with Crippen LogP contribution in [0.5, 0.6) is 5.75 Å². The Morgan fingerprint density at radius 1 is 1.02 bits per heavy atom. The van der Waals surface area contributed by atoms with Crippen LogP contribution >= 0.6 is 11.8 Å². The predicted molar refractivity (Wildman–Crippen MR) is 163 cm³/mol. The summed E-state index contributed by atoms with van der Waals surface area (Å²) in [5.74, 6) is 0.819. The van der Waals surface area contributed by atoms with E-state index in [4.69, 9.17) is 4.74 Å². The average Bonchev–Trinajstić information content (AvgIpc) is 3.39. The SMILES string of the molecule is CCC(=O)N1C(C(=O)NCCCCOc2ccc(C(C)(C)CC)cc2C(C)(C)CC)CSC1c1cccc(F)c1. The number of amides is 2. The van der Waals surface area contributed by atoms with Gasteiger partial charge in [-0.15, -0.1) is 11.8 Å². The van der Waals surface area contributed by atoms with Gasteiger partial charge in [-0.3, -0.25) is 9.59 Å². The Hall–Kier alpha value is -2.54. The molecule has 2 atom stereocenters. The Morgan fingerprint density at radius 3 is 2.40 bits per heavy atom. The maximum absolute atomic E-state index is 13.8. The van der Waals surface area contributed by atoms with Crippen LogP contribution in [0.25, 0.3) is 0 Å². The van der Waals surface area contributed by atoms with Gasteiger partial charge in [0.1, 0.15) is 23.0 Å². The lowest BCUT2D eigenvalue weighted by Crippen LogP contribution is -2.48. The third-order valence-corrected chi connectivity index (χ3v) is 9.74. The molecule has 0 spiro atoms. The number of hydrogen-bond donors (Lipinski definition) is 1. The second-order valence-electron chi connectivity index (χ2n) is 11.9. The summed E-state index contributed by atoms with van der Waals surface area (Å²) in [5.41, 5.74) is 3.41. The van der Waals surface area contributed by atoms with Crippen molar-refractivity contribution < 1.29 is 18.7 Å². The van der Waals surface area contributed by atoms with Crippen LogP contribution in [0.15, 0.2) is 42.5 Å². The molecule has 1 aliphatic heterocycles. The number of carbonyl (C=O) groups is 2. The highest BCUT2D eigenvalue weighted by molar-refractivity contribution is 7.99. The fourth-order valence-corrected chi connectivity index (χ4v) is 6.29. The number of benzene rings is 2. The fourth-order valence-electron chi connectivity index (χ4n) is 4.85. The van der Waals surface area contributed by atoms with Crippen molar-refractivity contribution in [2.75, 3.05) is 18.9 Å². The first kappa shape index (κ1) is 32.0. The van der Waals surface area contributed by atoms with Crippen molar-refractivity contribution in [3.05, 3.63) is 65.0 Å². The molecule has 0 radical (unpaired) electrons. The summed E-state index contributed by atoms with van der Waals surface area (Å²) in [4.78, 5) is 27.5. The summed E-state index contributed by atoms with van der Waals surface area (Å²) in [5, 5.41) is 2.66. The van der Waals surface area contributed by atoms with Crippen LogP contribution in [-0.4, -0.2) is 41.7 Å². The molecule has 1 fully saturated rings. The number of halogens is 1. The molecule has 220 valence electrons. The van der Waals surface area contributed by atoms with E-state index in [0.29, 0.717) is 30.9 Å². The highest BCUT2D eigenvalue weighted by Gasteiger charge is 2.41. The third kappa shape index (κ3) is 7.59. The van der Waals surface area contributed by atoms with Crippen molar-refractivity contribution in [3.63, 3.8) is 0 Å². The average molecular weight is 571 g/mol. The zero-order valence-electron chi connectivity index (χ0n) is 25.3. The number of carbonyl (C=O) groups excluding carboxylic acids is 2. The minimum Gasteiger partial charge on any atom is -0.493 e. The van der Waals surface area contributed by atoms with Crippen LogP contribution in [0.3, 0.4) is 0 Å². The molecule has 40 heavy (non-hydrogen) atoms. The summed E-state index contributed by atoms with van der Waals surface area (Å²) >= 11 is 1.50. The molecule has 5 nitrogen and oxygen atoms in total. The number of unbranched alkanes of at least 4 members (excludes halogenated alkanes) is 1. The topological polar surface area (TPSA) is 58.6 Å². The second kappa shape index (κ2) is 13.9. The van der Waals surface area contributed by atoms with E-state index < -0.39 is 6.04 Å². The zero-order valence-corrected chi connectivity index (χ0v) is 26.1. The molecule has 7 heteroatoms. The van der Waals surface area contributed by atoms with Crippen molar-refractivity contribution in [1.29, 1.82) is 0 Å². The molecule has 1 heterocycles. The van der Waals surface area contributed by atoms with E-state index >= 15 is 0 Å². The molecular formula is C33H47FN2O3S. The second-order valence-corrected chi connectivity index (χ2v) is 13.1. The van der Waals surface area contributed by atoms with Gasteiger partial charge in [0.2, 0.25) is 11.8 Å². The van der Waals surface area contributed by atoms with Crippen LogP contribution < -0.4 is 10.1 Å². The molecule has 0 aliphatic carbocycles. The van der Waals surface area contributed by atoms with Gasteiger partial charge in [-0.25, -0.2) is 4.39 Å². The molecule has 1 saturated heterocycles. The number of thioether (sulfide) groups is 1. The summed E-state index contributed by atoms with van der Waals surface area (Å²) in [7, 11) is 0. The van der Waals surface area contributed by atoms with E-state index in [2.05, 4.69) is 65.1 Å². The van der Waals surface area contributed by atoms with Gasteiger partial charge in [0.25, 0.3) is 0 Å². The maximum atomic E-state index is 13.8. The first-order chi connectivity index (χ1) is 18.9. The standard InChI is InChI=1S/C33H47FN2O3S/c1-8-29(37)36-27(22-40-31(36)23-14-13-15-25(34)20-23)30(38)35-18-11-12-19-39-28-17-16-24(32(4,5)9-2)21-26(28)33(6,7)10-3/h13-17,20-21,27,31H,8-12,18-19,22H2,1-7H3,(H,35,38). The highest BCUT2D eigenvalue weighted by atomic mass is 32.2. The van der Waals surface area contributed by atoms with Gasteiger partial charge in [-0.1, -0.05) is 72.7 Å². The van der Waals surface area contributed by atoms with E-state index in [9.17, 15) is 14.0 Å². The number of hydrogen-bond acceptors (Lipinski definition) is 4. The van der Waals surface area contributed by atoms with Gasteiger partial charge in [0.15, 0.2) is 0 Å². The lowest BCUT2D eigenvalue weighted by atomic mass is 9.76. The Kier molecular flexibility index (Phi) is 11.1. The Bertz CT molecular complexity index is 1170. The highest BCUT2D eigenvalue weighted by Crippen LogP contribution is 2.42. The van der Waals surface area contributed by atoms with E-state index in [-0.39, 0.29) is 33.8 Å². The van der Waals surface area contributed by atoms with Crippen molar-refractivity contribution in [3.8, 4) is 5.75 Å². The van der Waals surface area contributed by atoms with Gasteiger partial charge in [0, 0.05) is 24.3 Å². The van der Waals surface area contributed by atoms with Crippen molar-refractivity contribution in [2.45, 2.75) is 103 Å². The van der Waals surface area contributed by atoms with Crippen LogP contribution in [0.4, 0.5) is 4.39 Å². The van der Waals surface area contributed by atoms with Gasteiger partial charge in [-0.2, -0.15) is 0 Å². The number of rotatable bonds is 13. The van der Waals surface area contributed by atoms with Gasteiger partial charge in [0.05, 0.1) is 6.61 Å². The van der Waals surface area contributed by atoms with E-state index in [0.717, 1.165) is 31.4 Å². The molecule has 0 saturated carbocycles. The molecule has 0 aromatic heterocycles. The van der Waals surface area contributed by atoms with Gasteiger partial charge < -0.3 is 15.0 Å². The largest absolute Gasteiger partial charge is 0.493 e. The third-order valence-electron chi connectivity index (χ3n) is 8.41. The molecule has 2 aromatic carbocycles. The minimum atomic E-state index is -0.563. The maximum Gasteiger partial charge on any atom is 0.243 e.